The highest BCUT2D eigenvalue weighted by atomic mass is 16.5. The molecule has 5 heteroatoms. The van der Waals surface area contributed by atoms with E-state index in [4.69, 9.17) is 4.74 Å². The smallest absolute Gasteiger partial charge is 0.251 e. The van der Waals surface area contributed by atoms with Gasteiger partial charge < -0.3 is 15.0 Å². The molecule has 2 atom stereocenters. The number of benzene rings is 2. The minimum Gasteiger partial charge on any atom is -0.497 e. The summed E-state index contributed by atoms with van der Waals surface area (Å²) in [6.07, 6.45) is 0.925. The molecule has 0 radical (unpaired) electrons. The Morgan fingerprint density at radius 1 is 1.14 bits per heavy atom. The Bertz CT molecular complexity index is 861. The fourth-order valence-electron chi connectivity index (χ4n) is 3.83. The number of amides is 2. The molecule has 1 aliphatic heterocycles. The molecule has 0 aromatic heterocycles. The summed E-state index contributed by atoms with van der Waals surface area (Å²) in [7, 11) is 1.65. The molecule has 1 fully saturated rings. The van der Waals surface area contributed by atoms with Crippen molar-refractivity contribution in [2.75, 3.05) is 20.2 Å². The third kappa shape index (κ3) is 4.97. The van der Waals surface area contributed by atoms with Gasteiger partial charge in [-0.25, -0.2) is 0 Å². The Morgan fingerprint density at radius 3 is 2.48 bits per heavy atom. The van der Waals surface area contributed by atoms with Crippen molar-refractivity contribution in [1.29, 1.82) is 0 Å². The molecule has 2 aromatic carbocycles. The maximum absolute atomic E-state index is 13.2. The van der Waals surface area contributed by atoms with Crippen LogP contribution in [0.5, 0.6) is 5.75 Å². The van der Waals surface area contributed by atoms with Crippen LogP contribution in [0.3, 0.4) is 0 Å². The summed E-state index contributed by atoms with van der Waals surface area (Å²) in [6.45, 7) is 7.27. The van der Waals surface area contributed by atoms with E-state index in [2.05, 4.69) is 17.4 Å². The van der Waals surface area contributed by atoms with Gasteiger partial charge in [0.1, 0.15) is 11.8 Å². The first-order valence-electron chi connectivity index (χ1n) is 10.2. The Morgan fingerprint density at radius 2 is 1.86 bits per heavy atom. The van der Waals surface area contributed by atoms with E-state index in [0.717, 1.165) is 17.7 Å². The lowest BCUT2D eigenvalue weighted by Crippen LogP contribution is -2.50. The molecule has 2 amide bonds. The summed E-state index contributed by atoms with van der Waals surface area (Å²) >= 11 is 0. The van der Waals surface area contributed by atoms with Gasteiger partial charge in [0.2, 0.25) is 5.91 Å². The summed E-state index contributed by atoms with van der Waals surface area (Å²) in [4.78, 5) is 27.8. The summed E-state index contributed by atoms with van der Waals surface area (Å²) in [6, 6.07) is 14.9. The molecule has 1 aliphatic rings. The van der Waals surface area contributed by atoms with Crippen molar-refractivity contribution in [2.24, 2.45) is 5.92 Å². The lowest BCUT2D eigenvalue weighted by atomic mass is 9.98. The number of nitrogens with zero attached hydrogens (tertiary/aromatic N) is 1. The second-order valence-electron chi connectivity index (χ2n) is 8.11. The molecule has 2 unspecified atom stereocenters. The van der Waals surface area contributed by atoms with Crippen LogP contribution in [0.1, 0.15) is 47.7 Å². The molecule has 1 N–H and O–H groups in total. The predicted octanol–water partition coefficient (Wildman–Crippen LogP) is 3.77. The normalized spacial score (nSPS) is 17.3. The van der Waals surface area contributed by atoms with Crippen molar-refractivity contribution < 1.29 is 14.3 Å². The minimum absolute atomic E-state index is 0.00276. The fourth-order valence-corrected chi connectivity index (χ4v) is 3.83. The van der Waals surface area contributed by atoms with E-state index >= 15 is 0 Å². The van der Waals surface area contributed by atoms with Crippen LogP contribution in [0, 0.1) is 12.8 Å². The van der Waals surface area contributed by atoms with Crippen molar-refractivity contribution in [2.45, 2.75) is 39.2 Å². The maximum Gasteiger partial charge on any atom is 0.251 e. The van der Waals surface area contributed by atoms with Crippen molar-refractivity contribution in [3.63, 3.8) is 0 Å². The van der Waals surface area contributed by atoms with Crippen molar-refractivity contribution in [1.82, 2.24) is 10.2 Å². The summed E-state index contributed by atoms with van der Waals surface area (Å²) < 4.78 is 5.23. The molecule has 3 rings (SSSR count). The third-order valence-corrected chi connectivity index (χ3v) is 5.59. The van der Waals surface area contributed by atoms with E-state index in [9.17, 15) is 9.59 Å². The maximum atomic E-state index is 13.2. The number of aryl methyl sites for hydroxylation is 1. The van der Waals surface area contributed by atoms with Gasteiger partial charge in [-0.15, -0.1) is 0 Å². The number of rotatable bonds is 6. The molecule has 1 heterocycles. The quantitative estimate of drug-likeness (QED) is 0.811. The molecule has 0 saturated carbocycles. The standard InChI is InChI=1S/C24H30N2O3/c1-16(2)22(25-23(27)19-7-5-6-17(3)14-19)24(28)26-13-12-20(15-26)18-8-10-21(29-4)11-9-18/h5-11,14,16,20,22H,12-13,15H2,1-4H3,(H,25,27). The zero-order chi connectivity index (χ0) is 21.0. The first-order valence-corrected chi connectivity index (χ1v) is 10.2. The van der Waals surface area contributed by atoms with Crippen LogP contribution in [-0.2, 0) is 4.79 Å². The topological polar surface area (TPSA) is 58.6 Å². The number of carbonyl (C=O) groups excluding carboxylic acids is 2. The molecule has 5 nitrogen and oxygen atoms in total. The molecule has 1 saturated heterocycles. The highest BCUT2D eigenvalue weighted by Gasteiger charge is 2.34. The molecule has 29 heavy (non-hydrogen) atoms. The minimum atomic E-state index is -0.530. The molecular weight excluding hydrogens is 364 g/mol. The Hall–Kier alpha value is -2.82. The highest BCUT2D eigenvalue weighted by molar-refractivity contribution is 5.97. The van der Waals surface area contributed by atoms with E-state index in [-0.39, 0.29) is 17.7 Å². The van der Waals surface area contributed by atoms with E-state index in [0.29, 0.717) is 24.6 Å². The summed E-state index contributed by atoms with van der Waals surface area (Å²) in [5.74, 6) is 0.948. The number of nitrogens with one attached hydrogen (secondary N) is 1. The van der Waals surface area contributed by atoms with Crippen LogP contribution in [0.15, 0.2) is 48.5 Å². The first-order chi connectivity index (χ1) is 13.9. The van der Waals surface area contributed by atoms with Crippen molar-refractivity contribution in [3.8, 4) is 5.75 Å². The monoisotopic (exact) mass is 394 g/mol. The van der Waals surface area contributed by atoms with Gasteiger partial charge in [-0.05, 0) is 49.1 Å². The number of hydrogen-bond acceptors (Lipinski definition) is 3. The first kappa shape index (κ1) is 20.9. The SMILES string of the molecule is COc1ccc(C2CCN(C(=O)C(NC(=O)c3cccc(C)c3)C(C)C)C2)cc1. The van der Waals surface area contributed by atoms with Gasteiger partial charge >= 0.3 is 0 Å². The van der Waals surface area contributed by atoms with Crippen molar-refractivity contribution >= 4 is 11.8 Å². The molecule has 0 spiro atoms. The van der Waals surface area contributed by atoms with Crippen molar-refractivity contribution in [3.05, 3.63) is 65.2 Å². The molecule has 0 bridgehead atoms. The average molecular weight is 395 g/mol. The zero-order valence-electron chi connectivity index (χ0n) is 17.6. The van der Waals surface area contributed by atoms with Gasteiger partial charge in [-0.2, -0.15) is 0 Å². The predicted molar refractivity (Wildman–Crippen MR) is 114 cm³/mol. The van der Waals surface area contributed by atoms with Crippen LogP contribution in [-0.4, -0.2) is 43.0 Å². The molecule has 154 valence electrons. The lowest BCUT2D eigenvalue weighted by Gasteiger charge is -2.27. The zero-order valence-corrected chi connectivity index (χ0v) is 17.6. The molecule has 2 aromatic rings. The molecule has 0 aliphatic carbocycles. The number of hydrogen-bond donors (Lipinski definition) is 1. The van der Waals surface area contributed by atoms with Crippen LogP contribution < -0.4 is 10.1 Å². The second kappa shape index (κ2) is 9.12. The number of likely N-dealkylation sites (tertiary alicyclic amines) is 1. The molecular formula is C24H30N2O3. The number of methoxy groups -OCH3 is 1. The van der Waals surface area contributed by atoms with Crippen LogP contribution in [0.2, 0.25) is 0 Å². The van der Waals surface area contributed by atoms with Crippen LogP contribution in [0.25, 0.3) is 0 Å². The summed E-state index contributed by atoms with van der Waals surface area (Å²) in [5, 5.41) is 2.96. The fraction of sp³-hybridized carbons (Fsp3) is 0.417. The highest BCUT2D eigenvalue weighted by Crippen LogP contribution is 2.29. The largest absolute Gasteiger partial charge is 0.497 e. The van der Waals surface area contributed by atoms with Gasteiger partial charge in [0.05, 0.1) is 7.11 Å². The Balaban J connectivity index is 1.67. The van der Waals surface area contributed by atoms with E-state index in [1.165, 1.54) is 5.56 Å². The van der Waals surface area contributed by atoms with E-state index in [1.54, 1.807) is 13.2 Å². The lowest BCUT2D eigenvalue weighted by molar-refractivity contribution is -0.133. The Labute approximate surface area is 173 Å². The summed E-state index contributed by atoms with van der Waals surface area (Å²) in [5.41, 5.74) is 2.82. The van der Waals surface area contributed by atoms with Gasteiger partial charge in [-0.3, -0.25) is 9.59 Å². The van der Waals surface area contributed by atoms with Crippen LogP contribution in [0.4, 0.5) is 0 Å². The van der Waals surface area contributed by atoms with Gasteiger partial charge in [-0.1, -0.05) is 43.7 Å². The average Bonchev–Trinajstić information content (AvgIpc) is 3.21. The number of carbonyl (C=O) groups is 2. The Kier molecular flexibility index (Phi) is 6.57. The third-order valence-electron chi connectivity index (χ3n) is 5.59. The van der Waals surface area contributed by atoms with E-state index in [1.807, 2.05) is 56.0 Å². The van der Waals surface area contributed by atoms with Crippen LogP contribution >= 0.6 is 0 Å². The second-order valence-corrected chi connectivity index (χ2v) is 8.11. The number of ether oxygens (including phenoxy) is 1. The van der Waals surface area contributed by atoms with Gasteiger partial charge in [0, 0.05) is 24.6 Å². The van der Waals surface area contributed by atoms with Gasteiger partial charge in [0.25, 0.3) is 5.91 Å². The van der Waals surface area contributed by atoms with E-state index < -0.39 is 6.04 Å². The van der Waals surface area contributed by atoms with Gasteiger partial charge in [0.15, 0.2) is 0 Å².